The minimum absolute atomic E-state index is 0.151. The van der Waals surface area contributed by atoms with Crippen LogP contribution in [0.3, 0.4) is 0 Å². The third-order valence-corrected chi connectivity index (χ3v) is 1.69. The van der Waals surface area contributed by atoms with Crippen molar-refractivity contribution in [3.63, 3.8) is 0 Å². The predicted molar refractivity (Wildman–Crippen MR) is 39.4 cm³/mol. The molecule has 0 nitrogen and oxygen atoms in total. The van der Waals surface area contributed by atoms with Crippen LogP contribution in [0.15, 0.2) is 36.4 Å². The van der Waals surface area contributed by atoms with Crippen LogP contribution in [0.5, 0.6) is 0 Å². The van der Waals surface area contributed by atoms with Gasteiger partial charge in [-0.3, -0.25) is 0 Å². The van der Waals surface area contributed by atoms with Gasteiger partial charge in [0.05, 0.1) is 0 Å². The van der Waals surface area contributed by atoms with Crippen molar-refractivity contribution < 1.29 is 8.78 Å². The van der Waals surface area contributed by atoms with Gasteiger partial charge in [0.1, 0.15) is 0 Å². The molecular formula is C9H6F2. The summed E-state index contributed by atoms with van der Waals surface area (Å²) in [5, 5.41) is 0. The fraction of sp³-hybridized carbons (Fsp3) is 0.111. The van der Waals surface area contributed by atoms with Crippen molar-refractivity contribution in [1.82, 2.24) is 0 Å². The van der Waals surface area contributed by atoms with Crippen LogP contribution in [0.1, 0.15) is 5.56 Å². The summed E-state index contributed by atoms with van der Waals surface area (Å²) in [5.74, 6) is -2.64. The van der Waals surface area contributed by atoms with Gasteiger partial charge in [-0.2, -0.15) is 8.78 Å². The molecule has 11 heavy (non-hydrogen) atoms. The van der Waals surface area contributed by atoms with Crippen LogP contribution in [-0.4, -0.2) is 5.92 Å². The molecule has 0 spiro atoms. The zero-order chi connectivity index (χ0) is 7.90. The van der Waals surface area contributed by atoms with Crippen molar-refractivity contribution >= 4 is 5.57 Å². The lowest BCUT2D eigenvalue weighted by Gasteiger charge is -1.95. The lowest BCUT2D eigenvalue weighted by atomic mass is 10.2. The van der Waals surface area contributed by atoms with Crippen molar-refractivity contribution in [1.29, 1.82) is 0 Å². The van der Waals surface area contributed by atoms with Gasteiger partial charge in [0.2, 0.25) is 0 Å². The van der Waals surface area contributed by atoms with Gasteiger partial charge in [0.25, 0.3) is 5.92 Å². The predicted octanol–water partition coefficient (Wildman–Crippen LogP) is 2.72. The average Bonchev–Trinajstić information content (AvgIpc) is 2.62. The van der Waals surface area contributed by atoms with Crippen molar-refractivity contribution in [3.05, 3.63) is 42.0 Å². The highest BCUT2D eigenvalue weighted by molar-refractivity contribution is 5.85. The Morgan fingerprint density at radius 2 is 1.55 bits per heavy atom. The zero-order valence-electron chi connectivity index (χ0n) is 5.72. The molecular weight excluding hydrogens is 146 g/mol. The van der Waals surface area contributed by atoms with E-state index in [2.05, 4.69) is 0 Å². The van der Waals surface area contributed by atoms with Gasteiger partial charge in [-0.1, -0.05) is 30.3 Å². The smallest absolute Gasteiger partial charge is 0.196 e. The van der Waals surface area contributed by atoms with Crippen LogP contribution >= 0.6 is 0 Å². The second-order valence-corrected chi connectivity index (χ2v) is 2.55. The van der Waals surface area contributed by atoms with Crippen molar-refractivity contribution in [3.8, 4) is 0 Å². The molecule has 2 heteroatoms. The molecule has 1 aliphatic carbocycles. The van der Waals surface area contributed by atoms with E-state index in [-0.39, 0.29) is 5.57 Å². The van der Waals surface area contributed by atoms with Crippen LogP contribution < -0.4 is 0 Å². The molecule has 1 aromatic rings. The molecule has 1 aromatic carbocycles. The summed E-state index contributed by atoms with van der Waals surface area (Å²) in [5.41, 5.74) is 0.774. The molecule has 0 radical (unpaired) electrons. The van der Waals surface area contributed by atoms with Gasteiger partial charge in [0.15, 0.2) is 0 Å². The summed E-state index contributed by atoms with van der Waals surface area (Å²) in [6.45, 7) is 0. The lowest BCUT2D eigenvalue weighted by Crippen LogP contribution is -1.92. The fourth-order valence-electron chi connectivity index (χ4n) is 1.04. The molecule has 0 fully saturated rings. The highest BCUT2D eigenvalue weighted by Gasteiger charge is 2.45. The highest BCUT2D eigenvalue weighted by atomic mass is 19.3. The molecule has 0 aromatic heterocycles. The van der Waals surface area contributed by atoms with Gasteiger partial charge >= 0.3 is 0 Å². The number of hydrogen-bond acceptors (Lipinski definition) is 0. The molecule has 0 saturated carbocycles. The first-order valence-corrected chi connectivity index (χ1v) is 3.37. The number of rotatable bonds is 1. The zero-order valence-corrected chi connectivity index (χ0v) is 5.72. The first-order valence-electron chi connectivity index (χ1n) is 3.37. The maximum atomic E-state index is 12.4. The first-order chi connectivity index (χ1) is 5.20. The van der Waals surface area contributed by atoms with E-state index in [1.54, 1.807) is 24.3 Å². The Balaban J connectivity index is 2.28. The molecule has 0 amide bonds. The Morgan fingerprint density at radius 1 is 1.00 bits per heavy atom. The normalized spacial score (nSPS) is 19.3. The summed E-state index contributed by atoms with van der Waals surface area (Å²) in [4.78, 5) is 0. The lowest BCUT2D eigenvalue weighted by molar-refractivity contribution is 0.159. The Hall–Kier alpha value is -1.18. The van der Waals surface area contributed by atoms with Gasteiger partial charge in [-0.15, -0.1) is 0 Å². The van der Waals surface area contributed by atoms with E-state index in [4.69, 9.17) is 0 Å². The summed E-state index contributed by atoms with van der Waals surface area (Å²) >= 11 is 0. The Kier molecular flexibility index (Phi) is 1.13. The third-order valence-electron chi connectivity index (χ3n) is 1.69. The van der Waals surface area contributed by atoms with E-state index in [0.717, 1.165) is 6.08 Å². The molecule has 0 N–H and O–H groups in total. The van der Waals surface area contributed by atoms with Crippen molar-refractivity contribution in [2.45, 2.75) is 5.92 Å². The van der Waals surface area contributed by atoms with Crippen molar-refractivity contribution in [2.75, 3.05) is 0 Å². The second kappa shape index (κ2) is 1.91. The number of benzene rings is 1. The Labute approximate surface area is 63.2 Å². The van der Waals surface area contributed by atoms with Gasteiger partial charge in [-0.25, -0.2) is 0 Å². The van der Waals surface area contributed by atoms with Crippen molar-refractivity contribution in [2.24, 2.45) is 0 Å². The second-order valence-electron chi connectivity index (χ2n) is 2.55. The van der Waals surface area contributed by atoms with E-state index >= 15 is 0 Å². The summed E-state index contributed by atoms with van der Waals surface area (Å²) in [6.07, 6.45) is 0.975. The molecule has 0 saturated heterocycles. The number of halogens is 2. The molecule has 0 atom stereocenters. The van der Waals surface area contributed by atoms with Crippen LogP contribution in [0.25, 0.3) is 5.57 Å². The number of allylic oxidation sites excluding steroid dienone is 2. The van der Waals surface area contributed by atoms with Gasteiger partial charge in [0, 0.05) is 5.57 Å². The summed E-state index contributed by atoms with van der Waals surface area (Å²) in [7, 11) is 0. The van der Waals surface area contributed by atoms with E-state index in [1.807, 2.05) is 6.07 Å². The summed E-state index contributed by atoms with van der Waals surface area (Å²) in [6, 6.07) is 8.69. The average molecular weight is 152 g/mol. The van der Waals surface area contributed by atoms with Crippen LogP contribution in [0, 0.1) is 0 Å². The summed E-state index contributed by atoms with van der Waals surface area (Å²) < 4.78 is 24.8. The molecule has 56 valence electrons. The monoisotopic (exact) mass is 152 g/mol. The van der Waals surface area contributed by atoms with Gasteiger partial charge < -0.3 is 0 Å². The third kappa shape index (κ3) is 1.04. The molecule has 0 unspecified atom stereocenters. The van der Waals surface area contributed by atoms with E-state index in [0.29, 0.717) is 5.56 Å². The minimum Gasteiger partial charge on any atom is -0.196 e. The fourth-order valence-corrected chi connectivity index (χ4v) is 1.04. The van der Waals surface area contributed by atoms with Crippen LogP contribution in [0.2, 0.25) is 0 Å². The standard InChI is InChI=1S/C9H6F2/c10-9(11)6-8(9)7-4-2-1-3-5-7/h1-6H. The van der Waals surface area contributed by atoms with Crippen LogP contribution in [-0.2, 0) is 0 Å². The molecule has 0 aliphatic heterocycles. The van der Waals surface area contributed by atoms with E-state index < -0.39 is 5.92 Å². The number of alkyl halides is 2. The first kappa shape index (κ1) is 6.53. The van der Waals surface area contributed by atoms with Gasteiger partial charge in [-0.05, 0) is 11.6 Å². The molecule has 1 aliphatic rings. The maximum Gasteiger partial charge on any atom is 0.292 e. The topological polar surface area (TPSA) is 0 Å². The largest absolute Gasteiger partial charge is 0.292 e. The van der Waals surface area contributed by atoms with E-state index in [1.165, 1.54) is 0 Å². The number of hydrogen-bond donors (Lipinski definition) is 0. The molecule has 0 heterocycles. The Bertz CT molecular complexity index is 299. The quantitative estimate of drug-likeness (QED) is 0.580. The SMILES string of the molecule is FC1(F)C=C1c1ccccc1. The highest BCUT2D eigenvalue weighted by Crippen LogP contribution is 2.46. The minimum atomic E-state index is -2.64. The Morgan fingerprint density at radius 3 is 2.00 bits per heavy atom. The molecule has 2 rings (SSSR count). The maximum absolute atomic E-state index is 12.4. The van der Waals surface area contributed by atoms with Crippen LogP contribution in [0.4, 0.5) is 8.78 Å². The van der Waals surface area contributed by atoms with E-state index in [9.17, 15) is 8.78 Å². The molecule has 0 bridgehead atoms.